The predicted octanol–water partition coefficient (Wildman–Crippen LogP) is 11.1. The summed E-state index contributed by atoms with van der Waals surface area (Å²) in [6.45, 7) is 4.68. The molecule has 0 amide bonds. The quantitative estimate of drug-likeness (QED) is 0.206. The Kier molecular flexibility index (Phi) is 6.43. The van der Waals surface area contributed by atoms with Crippen LogP contribution in [0.3, 0.4) is 0 Å². The molecule has 6 aromatic carbocycles. The standard InChI is InChI=1S/C41H30N2S/c1-41(2)34-19-7-9-21-37(34)44-38-23-22-31(26-35(38)41)29-15-10-14-28(24-29)30-16-11-17-32(25-30)40-42-36-20-8-6-18-33(36)39(43-40)27-12-4-3-5-13-27/h3-26H,1-2H3. The average molecular weight is 583 g/mol. The maximum absolute atomic E-state index is 5.10. The highest BCUT2D eigenvalue weighted by molar-refractivity contribution is 7.99. The molecule has 8 rings (SSSR count). The van der Waals surface area contributed by atoms with Gasteiger partial charge >= 0.3 is 0 Å². The van der Waals surface area contributed by atoms with Gasteiger partial charge < -0.3 is 0 Å². The van der Waals surface area contributed by atoms with E-state index < -0.39 is 0 Å². The summed E-state index contributed by atoms with van der Waals surface area (Å²) in [5.41, 5.74) is 11.5. The first-order valence-corrected chi connectivity index (χ1v) is 15.8. The molecule has 1 aliphatic heterocycles. The fourth-order valence-electron chi connectivity index (χ4n) is 6.36. The Labute approximate surface area is 262 Å². The Balaban J connectivity index is 1.18. The van der Waals surface area contributed by atoms with Crippen molar-refractivity contribution in [1.29, 1.82) is 0 Å². The summed E-state index contributed by atoms with van der Waals surface area (Å²) in [4.78, 5) is 12.8. The van der Waals surface area contributed by atoms with Crippen LogP contribution >= 0.6 is 11.8 Å². The van der Waals surface area contributed by atoms with Crippen molar-refractivity contribution in [3.8, 4) is 44.9 Å². The van der Waals surface area contributed by atoms with E-state index >= 15 is 0 Å². The molecule has 3 heteroatoms. The topological polar surface area (TPSA) is 25.8 Å². The first-order valence-electron chi connectivity index (χ1n) is 15.0. The number of fused-ring (bicyclic) bond motifs is 3. The lowest BCUT2D eigenvalue weighted by molar-refractivity contribution is 0.607. The van der Waals surface area contributed by atoms with Gasteiger partial charge in [-0.1, -0.05) is 135 Å². The molecule has 0 atom stereocenters. The van der Waals surface area contributed by atoms with Gasteiger partial charge in [-0.2, -0.15) is 0 Å². The first kappa shape index (κ1) is 26.6. The third kappa shape index (κ3) is 4.61. The fourth-order valence-corrected chi connectivity index (χ4v) is 7.74. The number of aromatic nitrogens is 2. The minimum atomic E-state index is -0.0579. The third-order valence-corrected chi connectivity index (χ3v) is 9.89. The zero-order valence-corrected chi connectivity index (χ0v) is 25.5. The third-order valence-electron chi connectivity index (χ3n) is 8.73. The van der Waals surface area contributed by atoms with E-state index in [1.165, 1.54) is 37.6 Å². The van der Waals surface area contributed by atoms with Crippen LogP contribution in [0.4, 0.5) is 0 Å². The van der Waals surface area contributed by atoms with E-state index in [9.17, 15) is 0 Å². The molecule has 0 unspecified atom stereocenters. The van der Waals surface area contributed by atoms with E-state index in [1.54, 1.807) is 0 Å². The molecule has 44 heavy (non-hydrogen) atoms. The van der Waals surface area contributed by atoms with Gasteiger partial charge in [0.1, 0.15) is 0 Å². The largest absolute Gasteiger partial charge is 0.228 e. The average Bonchev–Trinajstić information content (AvgIpc) is 3.08. The molecule has 2 heterocycles. The van der Waals surface area contributed by atoms with E-state index in [4.69, 9.17) is 9.97 Å². The number of hydrogen-bond acceptors (Lipinski definition) is 3. The summed E-state index contributed by atoms with van der Waals surface area (Å²) in [6.07, 6.45) is 0. The van der Waals surface area contributed by atoms with Gasteiger partial charge in [-0.25, -0.2) is 9.97 Å². The normalized spacial score (nSPS) is 13.3. The van der Waals surface area contributed by atoms with Crippen molar-refractivity contribution >= 4 is 22.7 Å². The van der Waals surface area contributed by atoms with Gasteiger partial charge in [0.25, 0.3) is 0 Å². The number of benzene rings is 6. The Morgan fingerprint density at radius 1 is 0.455 bits per heavy atom. The lowest BCUT2D eigenvalue weighted by Crippen LogP contribution is -2.23. The van der Waals surface area contributed by atoms with Crippen molar-refractivity contribution in [1.82, 2.24) is 9.97 Å². The molecule has 0 aliphatic carbocycles. The summed E-state index contributed by atoms with van der Waals surface area (Å²) in [5, 5.41) is 1.06. The van der Waals surface area contributed by atoms with Crippen molar-refractivity contribution in [2.45, 2.75) is 29.1 Å². The Bertz CT molecular complexity index is 2180. The monoisotopic (exact) mass is 582 g/mol. The highest BCUT2D eigenvalue weighted by Gasteiger charge is 2.33. The van der Waals surface area contributed by atoms with Crippen molar-refractivity contribution < 1.29 is 0 Å². The van der Waals surface area contributed by atoms with Crippen LogP contribution in [0.25, 0.3) is 55.8 Å². The fraction of sp³-hybridized carbons (Fsp3) is 0.0732. The Morgan fingerprint density at radius 2 is 1.05 bits per heavy atom. The Morgan fingerprint density at radius 3 is 1.84 bits per heavy atom. The molecule has 0 N–H and O–H groups in total. The summed E-state index contributed by atoms with van der Waals surface area (Å²) in [7, 11) is 0. The van der Waals surface area contributed by atoms with Crippen LogP contribution in [0.15, 0.2) is 155 Å². The lowest BCUT2D eigenvalue weighted by atomic mass is 9.77. The molecule has 0 fully saturated rings. The summed E-state index contributed by atoms with van der Waals surface area (Å²) in [5.74, 6) is 0.732. The molecule has 1 aliphatic rings. The van der Waals surface area contributed by atoms with Crippen molar-refractivity contribution in [2.75, 3.05) is 0 Å². The molecule has 0 saturated heterocycles. The minimum absolute atomic E-state index is 0.0579. The molecule has 0 saturated carbocycles. The number of nitrogens with zero attached hydrogens (tertiary/aromatic N) is 2. The smallest absolute Gasteiger partial charge is 0.160 e. The van der Waals surface area contributed by atoms with Crippen LogP contribution in [0, 0.1) is 0 Å². The van der Waals surface area contributed by atoms with E-state index in [0.29, 0.717) is 0 Å². The number of rotatable bonds is 4. The van der Waals surface area contributed by atoms with Crippen LogP contribution < -0.4 is 0 Å². The van der Waals surface area contributed by atoms with Crippen LogP contribution in [0.2, 0.25) is 0 Å². The maximum Gasteiger partial charge on any atom is 0.160 e. The maximum atomic E-state index is 5.10. The second-order valence-electron chi connectivity index (χ2n) is 11.9. The molecule has 210 valence electrons. The van der Waals surface area contributed by atoms with E-state index in [2.05, 4.69) is 141 Å². The SMILES string of the molecule is CC1(C)c2ccccc2Sc2ccc(-c3cccc(-c4cccc(-c5nc(-c6ccccc6)c6ccccc6n5)c4)c3)cc21. The second kappa shape index (κ2) is 10.6. The number of para-hydroxylation sites is 1. The molecule has 7 aromatic rings. The van der Waals surface area contributed by atoms with Crippen molar-refractivity contribution in [2.24, 2.45) is 0 Å². The molecule has 2 nitrogen and oxygen atoms in total. The summed E-state index contributed by atoms with van der Waals surface area (Å²) < 4.78 is 0. The summed E-state index contributed by atoms with van der Waals surface area (Å²) >= 11 is 1.88. The minimum Gasteiger partial charge on any atom is -0.228 e. The molecule has 0 bridgehead atoms. The molecular formula is C41H30N2S. The Hall–Kier alpha value is -4.99. The molecule has 0 radical (unpaired) electrons. The van der Waals surface area contributed by atoms with Crippen molar-refractivity contribution in [3.63, 3.8) is 0 Å². The molecule has 0 spiro atoms. The molecular weight excluding hydrogens is 553 g/mol. The van der Waals surface area contributed by atoms with Gasteiger partial charge in [-0.05, 0) is 69.8 Å². The van der Waals surface area contributed by atoms with Crippen LogP contribution in [0.1, 0.15) is 25.0 Å². The van der Waals surface area contributed by atoms with Crippen LogP contribution in [-0.2, 0) is 5.41 Å². The highest BCUT2D eigenvalue weighted by atomic mass is 32.2. The van der Waals surface area contributed by atoms with Gasteiger partial charge in [-0.15, -0.1) is 0 Å². The van der Waals surface area contributed by atoms with E-state index in [-0.39, 0.29) is 5.41 Å². The van der Waals surface area contributed by atoms with E-state index in [1.807, 2.05) is 30.0 Å². The zero-order valence-electron chi connectivity index (χ0n) is 24.7. The zero-order chi connectivity index (χ0) is 29.7. The van der Waals surface area contributed by atoms with Gasteiger partial charge in [0.05, 0.1) is 11.2 Å². The van der Waals surface area contributed by atoms with Gasteiger partial charge in [0.2, 0.25) is 0 Å². The van der Waals surface area contributed by atoms with Crippen molar-refractivity contribution in [3.05, 3.63) is 157 Å². The summed E-state index contributed by atoms with van der Waals surface area (Å²) in [6, 6.07) is 51.8. The van der Waals surface area contributed by atoms with Crippen LogP contribution in [-0.4, -0.2) is 9.97 Å². The molecule has 1 aromatic heterocycles. The lowest BCUT2D eigenvalue weighted by Gasteiger charge is -2.34. The predicted molar refractivity (Wildman–Crippen MR) is 184 cm³/mol. The van der Waals surface area contributed by atoms with E-state index in [0.717, 1.165) is 39.1 Å². The highest BCUT2D eigenvalue weighted by Crippen LogP contribution is 2.49. The van der Waals surface area contributed by atoms with Crippen LogP contribution in [0.5, 0.6) is 0 Å². The second-order valence-corrected chi connectivity index (χ2v) is 13.0. The van der Waals surface area contributed by atoms with Gasteiger partial charge in [0, 0.05) is 31.7 Å². The first-order chi connectivity index (χ1) is 21.5. The van der Waals surface area contributed by atoms with Gasteiger partial charge in [-0.3, -0.25) is 0 Å². The number of hydrogen-bond donors (Lipinski definition) is 0. The van der Waals surface area contributed by atoms with Gasteiger partial charge in [0.15, 0.2) is 5.82 Å².